The molecule has 0 aromatic carbocycles. The maximum atomic E-state index is 2.73. The zero-order chi connectivity index (χ0) is 24.2. The molecule has 0 aromatic heterocycles. The second-order valence-electron chi connectivity index (χ2n) is 12.0. The first-order valence-corrected chi connectivity index (χ1v) is 15.4. The first kappa shape index (κ1) is 30.0. The van der Waals surface area contributed by atoms with Gasteiger partial charge in [-0.3, -0.25) is 0 Å². The average Bonchev–Trinajstić information content (AvgIpc) is 3.09. The predicted octanol–water partition coefficient (Wildman–Crippen LogP) is 11.5. The van der Waals surface area contributed by atoms with E-state index in [2.05, 4.69) is 34.6 Å². The van der Waals surface area contributed by atoms with Gasteiger partial charge in [-0.1, -0.05) is 101 Å². The lowest BCUT2D eigenvalue weighted by atomic mass is 9.52. The largest absolute Gasteiger partial charge is 0.0683 e. The van der Waals surface area contributed by atoms with Crippen LogP contribution in [0.4, 0.5) is 0 Å². The van der Waals surface area contributed by atoms with Crippen molar-refractivity contribution in [2.75, 3.05) is 0 Å². The third kappa shape index (κ3) is 7.25. The lowest BCUT2D eigenvalue weighted by molar-refractivity contribution is -0.0310. The SMILES string of the molecule is CC.CC.CCCCCC1CCC(C)C1(C)CCC1CCCC2CC(CCC)CCC12C. The maximum absolute atomic E-state index is 2.73. The van der Waals surface area contributed by atoms with E-state index in [9.17, 15) is 0 Å². The van der Waals surface area contributed by atoms with E-state index in [-0.39, 0.29) is 0 Å². The Kier molecular flexibility index (Phi) is 14.2. The van der Waals surface area contributed by atoms with Gasteiger partial charge in [-0.25, -0.2) is 0 Å². The molecule has 0 saturated heterocycles. The molecule has 192 valence electrons. The molecule has 0 aliphatic heterocycles. The molecule has 0 heteroatoms. The third-order valence-corrected chi connectivity index (χ3v) is 10.6. The van der Waals surface area contributed by atoms with E-state index in [0.717, 1.165) is 29.6 Å². The van der Waals surface area contributed by atoms with Crippen LogP contribution in [0.3, 0.4) is 0 Å². The van der Waals surface area contributed by atoms with Crippen LogP contribution in [0.1, 0.15) is 165 Å². The van der Waals surface area contributed by atoms with E-state index in [4.69, 9.17) is 0 Å². The monoisotopic (exact) mass is 449 g/mol. The van der Waals surface area contributed by atoms with Crippen LogP contribution in [-0.4, -0.2) is 0 Å². The highest BCUT2D eigenvalue weighted by Gasteiger charge is 2.49. The van der Waals surface area contributed by atoms with E-state index in [1.807, 2.05) is 27.7 Å². The fourth-order valence-corrected chi connectivity index (χ4v) is 8.14. The zero-order valence-corrected chi connectivity index (χ0v) is 24.2. The Morgan fingerprint density at radius 1 is 0.719 bits per heavy atom. The maximum Gasteiger partial charge on any atom is -0.0269 e. The smallest absolute Gasteiger partial charge is 0.0269 e. The Morgan fingerprint density at radius 2 is 1.44 bits per heavy atom. The highest BCUT2D eigenvalue weighted by atomic mass is 14.5. The molecule has 0 aromatic rings. The molecule has 0 amide bonds. The second-order valence-corrected chi connectivity index (χ2v) is 12.0. The molecule has 0 spiro atoms. The highest BCUT2D eigenvalue weighted by Crippen LogP contribution is 2.59. The summed E-state index contributed by atoms with van der Waals surface area (Å²) in [4.78, 5) is 0. The molecule has 0 heterocycles. The molecule has 0 N–H and O–H groups in total. The van der Waals surface area contributed by atoms with Crippen molar-refractivity contribution in [1.82, 2.24) is 0 Å². The molecule has 3 fully saturated rings. The van der Waals surface area contributed by atoms with Crippen molar-refractivity contribution in [3.63, 3.8) is 0 Å². The Hall–Kier alpha value is 0. The minimum atomic E-state index is 0.635. The molecular formula is C32H64. The van der Waals surface area contributed by atoms with E-state index in [1.165, 1.54) is 83.5 Å². The summed E-state index contributed by atoms with van der Waals surface area (Å²) >= 11 is 0. The predicted molar refractivity (Wildman–Crippen MR) is 147 cm³/mol. The lowest BCUT2D eigenvalue weighted by Gasteiger charge is -2.53. The van der Waals surface area contributed by atoms with E-state index >= 15 is 0 Å². The van der Waals surface area contributed by atoms with E-state index < -0.39 is 0 Å². The molecule has 3 rings (SSSR count). The average molecular weight is 449 g/mol. The van der Waals surface area contributed by atoms with Crippen molar-refractivity contribution in [2.45, 2.75) is 165 Å². The summed E-state index contributed by atoms with van der Waals surface area (Å²) in [6.07, 6.45) is 24.0. The van der Waals surface area contributed by atoms with Crippen LogP contribution in [0.5, 0.6) is 0 Å². The molecule has 0 nitrogen and oxygen atoms in total. The van der Waals surface area contributed by atoms with Crippen molar-refractivity contribution >= 4 is 0 Å². The lowest BCUT2D eigenvalue weighted by Crippen LogP contribution is -2.43. The van der Waals surface area contributed by atoms with Crippen LogP contribution in [0.25, 0.3) is 0 Å². The minimum Gasteiger partial charge on any atom is -0.0683 e. The normalized spacial score (nSPS) is 38.7. The van der Waals surface area contributed by atoms with Gasteiger partial charge in [-0.05, 0) is 105 Å². The summed E-state index contributed by atoms with van der Waals surface area (Å²) in [7, 11) is 0. The molecular weight excluding hydrogens is 384 g/mol. The number of hydrogen-bond acceptors (Lipinski definition) is 0. The van der Waals surface area contributed by atoms with Crippen LogP contribution in [0.2, 0.25) is 0 Å². The molecule has 0 bridgehead atoms. The minimum absolute atomic E-state index is 0.635. The molecule has 32 heavy (non-hydrogen) atoms. The Morgan fingerprint density at radius 3 is 2.09 bits per heavy atom. The van der Waals surface area contributed by atoms with Gasteiger partial charge in [0.05, 0.1) is 0 Å². The van der Waals surface area contributed by atoms with Gasteiger partial charge in [-0.2, -0.15) is 0 Å². The highest BCUT2D eigenvalue weighted by molar-refractivity contribution is 4.99. The van der Waals surface area contributed by atoms with Crippen molar-refractivity contribution in [3.05, 3.63) is 0 Å². The van der Waals surface area contributed by atoms with Gasteiger partial charge in [0.25, 0.3) is 0 Å². The quantitative estimate of drug-likeness (QED) is 0.307. The number of hydrogen-bond donors (Lipinski definition) is 0. The number of unbranched alkanes of at least 4 members (excludes halogenated alkanes) is 2. The van der Waals surface area contributed by atoms with Crippen molar-refractivity contribution in [2.24, 2.45) is 40.4 Å². The first-order chi connectivity index (χ1) is 15.4. The van der Waals surface area contributed by atoms with Gasteiger partial charge >= 0.3 is 0 Å². The molecule has 7 unspecified atom stereocenters. The van der Waals surface area contributed by atoms with Gasteiger partial charge in [0.2, 0.25) is 0 Å². The van der Waals surface area contributed by atoms with Crippen LogP contribution < -0.4 is 0 Å². The van der Waals surface area contributed by atoms with Crippen molar-refractivity contribution < 1.29 is 0 Å². The van der Waals surface area contributed by atoms with Gasteiger partial charge in [0, 0.05) is 0 Å². The molecule has 3 aliphatic carbocycles. The Bertz CT molecular complexity index is 467. The summed E-state index contributed by atoms with van der Waals surface area (Å²) in [5, 5.41) is 0. The van der Waals surface area contributed by atoms with Gasteiger partial charge < -0.3 is 0 Å². The zero-order valence-electron chi connectivity index (χ0n) is 24.2. The number of rotatable bonds is 9. The summed E-state index contributed by atoms with van der Waals surface area (Å²) in [6, 6.07) is 0. The van der Waals surface area contributed by atoms with E-state index in [1.54, 1.807) is 19.3 Å². The molecule has 7 atom stereocenters. The first-order valence-electron chi connectivity index (χ1n) is 15.4. The van der Waals surface area contributed by atoms with Gasteiger partial charge in [-0.15, -0.1) is 0 Å². The second kappa shape index (κ2) is 15.1. The Labute approximate surface area is 205 Å². The summed E-state index contributed by atoms with van der Waals surface area (Å²) in [5.41, 5.74) is 1.31. The fraction of sp³-hybridized carbons (Fsp3) is 1.00. The van der Waals surface area contributed by atoms with Crippen molar-refractivity contribution in [1.29, 1.82) is 0 Å². The van der Waals surface area contributed by atoms with Crippen LogP contribution in [0.15, 0.2) is 0 Å². The van der Waals surface area contributed by atoms with E-state index in [0.29, 0.717) is 10.8 Å². The Balaban J connectivity index is 0.00000121. The van der Waals surface area contributed by atoms with Gasteiger partial charge in [0.1, 0.15) is 0 Å². The van der Waals surface area contributed by atoms with Gasteiger partial charge in [0.15, 0.2) is 0 Å². The fourth-order valence-electron chi connectivity index (χ4n) is 8.14. The van der Waals surface area contributed by atoms with Crippen molar-refractivity contribution in [3.8, 4) is 0 Å². The summed E-state index contributed by atoms with van der Waals surface area (Å²) in [6.45, 7) is 20.7. The summed E-state index contributed by atoms with van der Waals surface area (Å²) in [5.74, 6) is 5.09. The van der Waals surface area contributed by atoms with Crippen LogP contribution in [-0.2, 0) is 0 Å². The molecule has 0 radical (unpaired) electrons. The summed E-state index contributed by atoms with van der Waals surface area (Å²) < 4.78 is 0. The standard InChI is InChI=1S/C28H52.2C2H6/c1-6-8-9-12-24-16-15-22(3)27(24,4)20-18-25-13-10-14-26-21-23(11-7-2)17-19-28(25,26)5;2*1-2/h22-26H,6-21H2,1-5H3;2*1-2H3. The topological polar surface area (TPSA) is 0 Å². The molecule has 3 aliphatic rings. The number of fused-ring (bicyclic) bond motifs is 1. The third-order valence-electron chi connectivity index (χ3n) is 10.6. The van der Waals surface area contributed by atoms with Crippen LogP contribution in [0, 0.1) is 40.4 Å². The van der Waals surface area contributed by atoms with Crippen LogP contribution >= 0.6 is 0 Å². The molecule has 3 saturated carbocycles.